The lowest BCUT2D eigenvalue weighted by atomic mass is 10.00. The Hall–Kier alpha value is -3.67. The standard InChI is InChI=1S/C24H23N3O3/c28-23(12-15-30-21-8-2-1-3-9-21)26-20-11-10-18-7-5-14-27(22(18)16-20)24(29)19-6-4-13-25-17-19/h1-4,6,8-11,13,16-17H,5,7,12,14-15H2,(H,26,28). The van der Waals surface area contributed by atoms with Crippen molar-refractivity contribution in [2.75, 3.05) is 23.4 Å². The van der Waals surface area contributed by atoms with Crippen LogP contribution in [-0.2, 0) is 11.2 Å². The zero-order chi connectivity index (χ0) is 20.8. The number of anilines is 2. The molecule has 4 rings (SSSR count). The quantitative estimate of drug-likeness (QED) is 0.676. The van der Waals surface area contributed by atoms with Crippen LogP contribution in [0.15, 0.2) is 73.1 Å². The van der Waals surface area contributed by atoms with Crippen molar-refractivity contribution in [2.24, 2.45) is 0 Å². The highest BCUT2D eigenvalue weighted by Gasteiger charge is 2.24. The molecule has 2 aromatic carbocycles. The summed E-state index contributed by atoms with van der Waals surface area (Å²) in [7, 11) is 0. The number of nitrogens with one attached hydrogen (secondary N) is 1. The molecule has 3 aromatic rings. The number of aryl methyl sites for hydroxylation is 1. The number of hydrogen-bond acceptors (Lipinski definition) is 4. The maximum atomic E-state index is 13.0. The predicted octanol–water partition coefficient (Wildman–Crippen LogP) is 4.08. The van der Waals surface area contributed by atoms with Crippen molar-refractivity contribution in [1.29, 1.82) is 0 Å². The SMILES string of the molecule is O=C(CCOc1ccccc1)Nc1ccc2c(c1)N(C(=O)c1cccnc1)CCC2. The maximum Gasteiger partial charge on any atom is 0.259 e. The van der Waals surface area contributed by atoms with Crippen LogP contribution in [0.25, 0.3) is 0 Å². The Bertz CT molecular complexity index is 1020. The third kappa shape index (κ3) is 4.66. The first kappa shape index (κ1) is 19.6. The Morgan fingerprint density at radius 2 is 1.93 bits per heavy atom. The van der Waals surface area contributed by atoms with Gasteiger partial charge in [0.15, 0.2) is 0 Å². The van der Waals surface area contributed by atoms with Gasteiger partial charge < -0.3 is 15.0 Å². The lowest BCUT2D eigenvalue weighted by molar-refractivity contribution is -0.116. The molecule has 1 aliphatic heterocycles. The van der Waals surface area contributed by atoms with Gasteiger partial charge in [-0.25, -0.2) is 0 Å². The summed E-state index contributed by atoms with van der Waals surface area (Å²) in [5.41, 5.74) is 3.17. The van der Waals surface area contributed by atoms with Gasteiger partial charge in [0.2, 0.25) is 5.91 Å². The summed E-state index contributed by atoms with van der Waals surface area (Å²) in [6.07, 6.45) is 5.28. The first-order chi connectivity index (χ1) is 14.7. The molecule has 0 spiro atoms. The Morgan fingerprint density at radius 3 is 2.73 bits per heavy atom. The first-order valence-electron chi connectivity index (χ1n) is 10.0. The number of benzene rings is 2. The van der Waals surface area contributed by atoms with E-state index in [0.717, 1.165) is 29.8 Å². The molecule has 0 radical (unpaired) electrons. The number of hydrogen-bond donors (Lipinski definition) is 1. The summed E-state index contributed by atoms with van der Waals surface area (Å²) < 4.78 is 5.58. The van der Waals surface area contributed by atoms with Gasteiger partial charge >= 0.3 is 0 Å². The average Bonchev–Trinajstić information content (AvgIpc) is 2.79. The minimum atomic E-state index is -0.133. The van der Waals surface area contributed by atoms with E-state index in [9.17, 15) is 9.59 Å². The largest absolute Gasteiger partial charge is 0.493 e. The molecule has 152 valence electrons. The molecule has 30 heavy (non-hydrogen) atoms. The number of fused-ring (bicyclic) bond motifs is 1. The molecule has 2 amide bonds. The van der Waals surface area contributed by atoms with Gasteiger partial charge in [-0.3, -0.25) is 14.6 Å². The van der Waals surface area contributed by atoms with Crippen molar-refractivity contribution < 1.29 is 14.3 Å². The molecule has 6 nitrogen and oxygen atoms in total. The van der Waals surface area contributed by atoms with Crippen LogP contribution in [0.1, 0.15) is 28.8 Å². The van der Waals surface area contributed by atoms with Crippen LogP contribution in [0.3, 0.4) is 0 Å². The summed E-state index contributed by atoms with van der Waals surface area (Å²) in [5, 5.41) is 2.91. The summed E-state index contributed by atoms with van der Waals surface area (Å²) in [5.74, 6) is 0.527. The van der Waals surface area contributed by atoms with E-state index in [1.807, 2.05) is 48.5 Å². The number of para-hydroxylation sites is 1. The average molecular weight is 401 g/mol. The Balaban J connectivity index is 1.42. The highest BCUT2D eigenvalue weighted by molar-refractivity contribution is 6.07. The van der Waals surface area contributed by atoms with Crippen molar-refractivity contribution in [2.45, 2.75) is 19.3 Å². The van der Waals surface area contributed by atoms with E-state index in [1.54, 1.807) is 29.4 Å². The van der Waals surface area contributed by atoms with Gasteiger partial charge in [0.25, 0.3) is 5.91 Å². The normalized spacial score (nSPS) is 12.7. The second-order valence-electron chi connectivity index (χ2n) is 7.11. The fourth-order valence-corrected chi connectivity index (χ4v) is 3.51. The number of nitrogens with zero attached hydrogens (tertiary/aromatic N) is 2. The second kappa shape index (κ2) is 9.22. The number of ether oxygens (including phenoxy) is 1. The zero-order valence-corrected chi connectivity index (χ0v) is 16.6. The van der Waals surface area contributed by atoms with Gasteiger partial charge in [-0.1, -0.05) is 24.3 Å². The van der Waals surface area contributed by atoms with Crippen LogP contribution in [0.2, 0.25) is 0 Å². The molecule has 1 aliphatic rings. The third-order valence-corrected chi connectivity index (χ3v) is 4.98. The summed E-state index contributed by atoms with van der Waals surface area (Å²) in [4.78, 5) is 31.1. The fourth-order valence-electron chi connectivity index (χ4n) is 3.51. The van der Waals surface area contributed by atoms with Crippen LogP contribution in [-0.4, -0.2) is 29.9 Å². The number of aromatic nitrogens is 1. The predicted molar refractivity (Wildman–Crippen MR) is 116 cm³/mol. The molecule has 1 aromatic heterocycles. The van der Waals surface area contributed by atoms with E-state index >= 15 is 0 Å². The topological polar surface area (TPSA) is 71.5 Å². The van der Waals surface area contributed by atoms with E-state index < -0.39 is 0 Å². The highest BCUT2D eigenvalue weighted by atomic mass is 16.5. The number of rotatable bonds is 6. The summed E-state index contributed by atoms with van der Waals surface area (Å²) >= 11 is 0. The molecule has 0 saturated heterocycles. The van der Waals surface area contributed by atoms with Crippen molar-refractivity contribution >= 4 is 23.2 Å². The Morgan fingerprint density at radius 1 is 1.07 bits per heavy atom. The van der Waals surface area contributed by atoms with Crippen LogP contribution >= 0.6 is 0 Å². The van der Waals surface area contributed by atoms with Crippen LogP contribution in [0, 0.1) is 0 Å². The second-order valence-corrected chi connectivity index (χ2v) is 7.11. The molecular weight excluding hydrogens is 378 g/mol. The number of amides is 2. The van der Waals surface area contributed by atoms with Crippen LogP contribution in [0.5, 0.6) is 5.75 Å². The molecule has 1 N–H and O–H groups in total. The number of carbonyl (C=O) groups excluding carboxylic acids is 2. The van der Waals surface area contributed by atoms with Crippen molar-refractivity contribution in [3.8, 4) is 5.75 Å². The lowest BCUT2D eigenvalue weighted by Crippen LogP contribution is -2.35. The fraction of sp³-hybridized carbons (Fsp3) is 0.208. The molecule has 0 fully saturated rings. The van der Waals surface area contributed by atoms with E-state index in [1.165, 1.54) is 0 Å². The number of carbonyl (C=O) groups is 2. The molecule has 2 heterocycles. The van der Waals surface area contributed by atoms with E-state index in [-0.39, 0.29) is 18.2 Å². The number of pyridine rings is 1. The van der Waals surface area contributed by atoms with E-state index in [4.69, 9.17) is 4.74 Å². The zero-order valence-electron chi connectivity index (χ0n) is 16.6. The molecule has 0 atom stereocenters. The molecule has 0 aliphatic carbocycles. The van der Waals surface area contributed by atoms with Gasteiger partial charge in [-0.2, -0.15) is 0 Å². The molecule has 0 unspecified atom stereocenters. The summed E-state index contributed by atoms with van der Waals surface area (Å²) in [6.45, 7) is 0.940. The van der Waals surface area contributed by atoms with Gasteiger partial charge in [-0.15, -0.1) is 0 Å². The van der Waals surface area contributed by atoms with Crippen molar-refractivity contribution in [3.05, 3.63) is 84.2 Å². The maximum absolute atomic E-state index is 13.0. The minimum Gasteiger partial charge on any atom is -0.493 e. The smallest absolute Gasteiger partial charge is 0.259 e. The third-order valence-electron chi connectivity index (χ3n) is 4.98. The van der Waals surface area contributed by atoms with Gasteiger partial charge in [-0.05, 0) is 54.8 Å². The summed E-state index contributed by atoms with van der Waals surface area (Å²) in [6, 6.07) is 18.7. The van der Waals surface area contributed by atoms with Gasteiger partial charge in [0.1, 0.15) is 5.75 Å². The van der Waals surface area contributed by atoms with Gasteiger partial charge in [0.05, 0.1) is 18.6 Å². The van der Waals surface area contributed by atoms with E-state index in [0.29, 0.717) is 24.4 Å². The molecule has 0 saturated carbocycles. The molecular formula is C24H23N3O3. The molecule has 0 bridgehead atoms. The Labute approximate surface area is 175 Å². The van der Waals surface area contributed by atoms with Gasteiger partial charge in [0, 0.05) is 30.3 Å². The highest BCUT2D eigenvalue weighted by Crippen LogP contribution is 2.31. The van der Waals surface area contributed by atoms with Crippen LogP contribution in [0.4, 0.5) is 11.4 Å². The minimum absolute atomic E-state index is 0.0798. The Kier molecular flexibility index (Phi) is 6.03. The van der Waals surface area contributed by atoms with E-state index in [2.05, 4.69) is 10.3 Å². The lowest BCUT2D eigenvalue weighted by Gasteiger charge is -2.30. The first-order valence-corrected chi connectivity index (χ1v) is 10.0. The van der Waals surface area contributed by atoms with Crippen molar-refractivity contribution in [3.63, 3.8) is 0 Å². The van der Waals surface area contributed by atoms with Crippen LogP contribution < -0.4 is 15.0 Å². The molecule has 6 heteroatoms. The van der Waals surface area contributed by atoms with Crippen molar-refractivity contribution in [1.82, 2.24) is 4.98 Å². The monoisotopic (exact) mass is 401 g/mol.